The largest absolute Gasteiger partial charge is 0.223 e. The second-order valence-electron chi connectivity index (χ2n) is 2.26. The molecule has 1 aromatic carbocycles. The van der Waals surface area contributed by atoms with Gasteiger partial charge in [-0.05, 0) is 17.7 Å². The van der Waals surface area contributed by atoms with E-state index in [1.165, 1.54) is 0 Å². The molecule has 1 unspecified atom stereocenters. The van der Waals surface area contributed by atoms with Crippen LogP contribution in [-0.4, -0.2) is 4.21 Å². The fourth-order valence-corrected chi connectivity index (χ4v) is 1.31. The van der Waals surface area contributed by atoms with Gasteiger partial charge in [-0.1, -0.05) is 31.2 Å². The standard InChI is InChI=1S/C7H8N2O3S.C2H6/c8-12-13(11)7-3-1-6(2-4-7)5-9-10;1-2/h1-4H,5,8H2;1-2H3. The van der Waals surface area contributed by atoms with Crippen LogP contribution < -0.4 is 5.90 Å². The average Bonchev–Trinajstić information content (AvgIpc) is 2.32. The summed E-state index contributed by atoms with van der Waals surface area (Å²) in [7, 11) is 0. The molecule has 0 aliphatic heterocycles. The molecule has 0 radical (unpaired) electrons. The van der Waals surface area contributed by atoms with Crippen LogP contribution in [0.3, 0.4) is 0 Å². The van der Waals surface area contributed by atoms with Gasteiger partial charge in [0, 0.05) is 0 Å². The molecule has 0 saturated carbocycles. The Balaban J connectivity index is 0.000000921. The normalized spacial score (nSPS) is 11.1. The molecule has 84 valence electrons. The molecule has 1 aromatic rings. The number of hydrogen-bond acceptors (Lipinski definition) is 5. The molecule has 0 amide bonds. The van der Waals surface area contributed by atoms with Crippen molar-refractivity contribution in [2.45, 2.75) is 25.3 Å². The fourth-order valence-electron chi connectivity index (χ4n) is 0.836. The lowest BCUT2D eigenvalue weighted by molar-refractivity contribution is 0.367. The highest BCUT2D eigenvalue weighted by atomic mass is 32.2. The van der Waals surface area contributed by atoms with Crippen molar-refractivity contribution >= 4 is 11.1 Å². The number of nitrogens with zero attached hydrogens (tertiary/aromatic N) is 1. The molecule has 0 saturated heterocycles. The molecule has 0 aliphatic carbocycles. The summed E-state index contributed by atoms with van der Waals surface area (Å²) in [5.74, 6) is 4.73. The number of nitrogens with two attached hydrogens (primary N) is 1. The van der Waals surface area contributed by atoms with Gasteiger partial charge >= 0.3 is 0 Å². The maximum Gasteiger partial charge on any atom is 0.206 e. The first-order valence-electron chi connectivity index (χ1n) is 4.45. The van der Waals surface area contributed by atoms with Crippen molar-refractivity contribution in [3.05, 3.63) is 34.7 Å². The molecular weight excluding hydrogens is 216 g/mol. The average molecular weight is 230 g/mol. The van der Waals surface area contributed by atoms with E-state index >= 15 is 0 Å². The van der Waals surface area contributed by atoms with Crippen LogP contribution >= 0.6 is 0 Å². The Morgan fingerprint density at radius 3 is 2.27 bits per heavy atom. The van der Waals surface area contributed by atoms with E-state index < -0.39 is 11.1 Å². The van der Waals surface area contributed by atoms with Crippen LogP contribution in [0.1, 0.15) is 19.4 Å². The quantitative estimate of drug-likeness (QED) is 0.632. The third kappa shape index (κ3) is 4.78. The van der Waals surface area contributed by atoms with Crippen molar-refractivity contribution in [1.82, 2.24) is 0 Å². The highest BCUT2D eigenvalue weighted by Crippen LogP contribution is 2.09. The molecular formula is C9H14N2O3S. The topological polar surface area (TPSA) is 81.8 Å². The fraction of sp³-hybridized carbons (Fsp3) is 0.333. The molecule has 0 aliphatic rings. The first kappa shape index (κ1) is 13.9. The molecule has 1 rings (SSSR count). The number of nitroso groups, excluding NO2 is 1. The van der Waals surface area contributed by atoms with Gasteiger partial charge in [-0.3, -0.25) is 0 Å². The SMILES string of the molecule is CC.NOS(=O)c1ccc(CN=O)cc1. The van der Waals surface area contributed by atoms with Crippen LogP contribution in [0, 0.1) is 4.91 Å². The minimum Gasteiger partial charge on any atom is -0.223 e. The van der Waals surface area contributed by atoms with Gasteiger partial charge in [0.2, 0.25) is 11.1 Å². The zero-order chi connectivity index (χ0) is 11.7. The molecule has 6 heteroatoms. The monoisotopic (exact) mass is 230 g/mol. The summed E-state index contributed by atoms with van der Waals surface area (Å²) in [5, 5.41) is 2.72. The van der Waals surface area contributed by atoms with Crippen molar-refractivity contribution in [2.24, 2.45) is 11.1 Å². The smallest absolute Gasteiger partial charge is 0.206 e. The Hall–Kier alpha value is -1.11. The third-order valence-corrected chi connectivity index (χ3v) is 2.28. The second-order valence-corrected chi connectivity index (χ2v) is 3.40. The van der Waals surface area contributed by atoms with Crippen molar-refractivity contribution < 1.29 is 8.49 Å². The van der Waals surface area contributed by atoms with Gasteiger partial charge in [-0.15, -0.1) is 0 Å². The van der Waals surface area contributed by atoms with Gasteiger partial charge in [-0.2, -0.15) is 15.1 Å². The van der Waals surface area contributed by atoms with E-state index in [4.69, 9.17) is 5.90 Å². The number of hydrogen-bond donors (Lipinski definition) is 1. The first-order valence-corrected chi connectivity index (χ1v) is 5.52. The maximum atomic E-state index is 11.0. The molecule has 0 heterocycles. The minimum absolute atomic E-state index is 0.108. The highest BCUT2D eigenvalue weighted by Gasteiger charge is 2.02. The van der Waals surface area contributed by atoms with Crippen LogP contribution in [0.25, 0.3) is 0 Å². The molecule has 15 heavy (non-hydrogen) atoms. The Morgan fingerprint density at radius 2 is 1.87 bits per heavy atom. The summed E-state index contributed by atoms with van der Waals surface area (Å²) < 4.78 is 15.1. The van der Waals surface area contributed by atoms with E-state index in [9.17, 15) is 9.12 Å². The van der Waals surface area contributed by atoms with E-state index in [2.05, 4.69) is 9.46 Å². The molecule has 0 spiro atoms. The Kier molecular flexibility index (Phi) is 7.61. The van der Waals surface area contributed by atoms with E-state index in [1.54, 1.807) is 24.3 Å². The van der Waals surface area contributed by atoms with Gasteiger partial charge in [-0.25, -0.2) is 4.21 Å². The van der Waals surface area contributed by atoms with Gasteiger partial charge in [0.25, 0.3) is 0 Å². The third-order valence-electron chi connectivity index (χ3n) is 1.45. The molecule has 0 fully saturated rings. The molecule has 1 atom stereocenters. The summed E-state index contributed by atoms with van der Waals surface area (Å²) in [5.41, 5.74) is 0.757. The van der Waals surface area contributed by atoms with Crippen LogP contribution in [0.4, 0.5) is 0 Å². The molecule has 5 nitrogen and oxygen atoms in total. The second kappa shape index (κ2) is 8.22. The Morgan fingerprint density at radius 1 is 1.33 bits per heavy atom. The van der Waals surface area contributed by atoms with Crippen LogP contribution in [0.15, 0.2) is 34.3 Å². The summed E-state index contributed by atoms with van der Waals surface area (Å²) in [4.78, 5) is 10.4. The van der Waals surface area contributed by atoms with Crippen LogP contribution in [-0.2, 0) is 21.9 Å². The van der Waals surface area contributed by atoms with Crippen LogP contribution in [0.2, 0.25) is 0 Å². The zero-order valence-corrected chi connectivity index (χ0v) is 9.49. The predicted octanol–water partition coefficient (Wildman–Crippen LogP) is 1.89. The van der Waals surface area contributed by atoms with Gasteiger partial charge in [0.15, 0.2) is 0 Å². The maximum absolute atomic E-state index is 11.0. The lowest BCUT2D eigenvalue weighted by Gasteiger charge is -1.98. The number of rotatable bonds is 4. The molecule has 0 aromatic heterocycles. The summed E-state index contributed by atoms with van der Waals surface area (Å²) in [6.07, 6.45) is 0. The molecule has 2 N–H and O–H groups in total. The van der Waals surface area contributed by atoms with Gasteiger partial charge in [0.1, 0.15) is 6.54 Å². The van der Waals surface area contributed by atoms with Crippen molar-refractivity contribution in [1.29, 1.82) is 0 Å². The van der Waals surface area contributed by atoms with E-state index in [-0.39, 0.29) is 6.54 Å². The van der Waals surface area contributed by atoms with Crippen molar-refractivity contribution in [2.75, 3.05) is 0 Å². The number of benzene rings is 1. The van der Waals surface area contributed by atoms with E-state index in [0.29, 0.717) is 4.90 Å². The Labute approximate surface area is 91.2 Å². The van der Waals surface area contributed by atoms with E-state index in [1.807, 2.05) is 13.8 Å². The summed E-state index contributed by atoms with van der Waals surface area (Å²) >= 11 is -1.63. The van der Waals surface area contributed by atoms with Crippen molar-refractivity contribution in [3.8, 4) is 0 Å². The minimum atomic E-state index is -1.63. The van der Waals surface area contributed by atoms with Crippen molar-refractivity contribution in [3.63, 3.8) is 0 Å². The van der Waals surface area contributed by atoms with E-state index in [0.717, 1.165) is 5.56 Å². The van der Waals surface area contributed by atoms with Gasteiger partial charge in [0.05, 0.1) is 4.90 Å². The van der Waals surface area contributed by atoms with Gasteiger partial charge < -0.3 is 0 Å². The lowest BCUT2D eigenvalue weighted by atomic mass is 10.2. The summed E-state index contributed by atoms with van der Waals surface area (Å²) in [6, 6.07) is 6.44. The first-order chi connectivity index (χ1) is 7.27. The lowest BCUT2D eigenvalue weighted by Crippen LogP contribution is -2.03. The van der Waals surface area contributed by atoms with Crippen LogP contribution in [0.5, 0.6) is 0 Å². The zero-order valence-electron chi connectivity index (χ0n) is 8.67. The summed E-state index contributed by atoms with van der Waals surface area (Å²) in [6.45, 7) is 4.11. The molecule has 0 bridgehead atoms. The highest BCUT2D eigenvalue weighted by molar-refractivity contribution is 7.80. The Bertz CT molecular complexity index is 314. The predicted molar refractivity (Wildman–Crippen MR) is 59.0 cm³/mol.